The Morgan fingerprint density at radius 1 is 0.915 bits per heavy atom. The fourth-order valence-corrected chi connectivity index (χ4v) is 6.08. The molecule has 6 rings (SSSR count). The molecule has 2 aliphatic heterocycles. The summed E-state index contributed by atoms with van der Waals surface area (Å²) in [5.41, 5.74) is 4.74. The summed E-state index contributed by atoms with van der Waals surface area (Å²) < 4.78 is 23.2. The monoisotopic (exact) mass is 632 g/mol. The number of imide groups is 1. The minimum atomic E-state index is -1.04. The van der Waals surface area contributed by atoms with Gasteiger partial charge >= 0.3 is 0 Å². The molecule has 1 saturated heterocycles. The van der Waals surface area contributed by atoms with Gasteiger partial charge in [-0.05, 0) is 54.3 Å². The summed E-state index contributed by atoms with van der Waals surface area (Å²) in [5.74, 6) is 0.787. The lowest BCUT2D eigenvalue weighted by atomic mass is 9.96. The van der Waals surface area contributed by atoms with Crippen LogP contribution in [0.5, 0.6) is 23.0 Å². The molecule has 0 radical (unpaired) electrons. The van der Waals surface area contributed by atoms with Crippen LogP contribution in [-0.2, 0) is 34.0 Å². The summed E-state index contributed by atoms with van der Waals surface area (Å²) in [5, 5.41) is 0. The zero-order chi connectivity index (χ0) is 33.1. The first-order valence-corrected chi connectivity index (χ1v) is 15.4. The molecule has 3 amide bonds. The first kappa shape index (κ1) is 31.4. The number of amides is 3. The number of rotatable bonds is 9. The molecular formula is C38H36N2O7. The van der Waals surface area contributed by atoms with E-state index in [1.54, 1.807) is 19.3 Å². The molecule has 0 spiro atoms. The normalized spacial score (nSPS) is 16.5. The van der Waals surface area contributed by atoms with Crippen molar-refractivity contribution in [1.29, 1.82) is 0 Å². The number of fused-ring (bicyclic) bond motifs is 1. The van der Waals surface area contributed by atoms with Gasteiger partial charge < -0.3 is 23.8 Å². The number of benzene rings is 4. The lowest BCUT2D eigenvalue weighted by Gasteiger charge is -2.40. The summed E-state index contributed by atoms with van der Waals surface area (Å²) in [7, 11) is 1.60. The summed E-state index contributed by atoms with van der Waals surface area (Å²) >= 11 is 0. The number of carbonyl (C=O) groups is 3. The van der Waals surface area contributed by atoms with E-state index in [2.05, 4.69) is 0 Å². The number of carbonyl (C=O) groups excluding carboxylic acids is 3. The Morgan fingerprint density at radius 3 is 2.28 bits per heavy atom. The molecule has 47 heavy (non-hydrogen) atoms. The Kier molecular flexibility index (Phi) is 8.97. The SMILES string of the molecule is COc1ccc(CC2C(=O)N(Cc3ccccc3)/C(=C\c3cc4c(c(C)c3OCc3ccccc3)OCO4)C(=O)N2C(C)=O)cc1C. The first-order valence-electron chi connectivity index (χ1n) is 15.4. The molecule has 2 heterocycles. The van der Waals surface area contributed by atoms with Crippen LogP contribution in [0, 0.1) is 13.8 Å². The largest absolute Gasteiger partial charge is 0.496 e. The second-order valence-electron chi connectivity index (χ2n) is 11.6. The van der Waals surface area contributed by atoms with Crippen molar-refractivity contribution in [2.45, 2.75) is 46.4 Å². The number of aryl methyl sites for hydroxylation is 1. The highest BCUT2D eigenvalue weighted by atomic mass is 16.7. The van der Waals surface area contributed by atoms with Gasteiger partial charge in [0.25, 0.3) is 11.8 Å². The molecular weight excluding hydrogens is 596 g/mol. The molecule has 2 aliphatic rings. The summed E-state index contributed by atoms with van der Waals surface area (Å²) in [6.45, 7) is 5.52. The van der Waals surface area contributed by atoms with Crippen molar-refractivity contribution in [2.75, 3.05) is 13.9 Å². The Bertz CT molecular complexity index is 1850. The van der Waals surface area contributed by atoms with E-state index in [0.717, 1.165) is 27.2 Å². The third kappa shape index (κ3) is 6.42. The fourth-order valence-electron chi connectivity index (χ4n) is 6.08. The van der Waals surface area contributed by atoms with Gasteiger partial charge in [0, 0.05) is 24.5 Å². The summed E-state index contributed by atoms with van der Waals surface area (Å²) in [4.78, 5) is 44.6. The predicted molar refractivity (Wildman–Crippen MR) is 176 cm³/mol. The molecule has 0 aliphatic carbocycles. The number of ether oxygens (including phenoxy) is 4. The Hall–Kier alpha value is -5.57. The van der Waals surface area contributed by atoms with Crippen molar-refractivity contribution >= 4 is 23.8 Å². The molecule has 0 saturated carbocycles. The van der Waals surface area contributed by atoms with Gasteiger partial charge in [-0.25, -0.2) is 0 Å². The molecule has 4 aromatic carbocycles. The number of hydrogen-bond donors (Lipinski definition) is 0. The smallest absolute Gasteiger partial charge is 0.277 e. The van der Waals surface area contributed by atoms with Gasteiger partial charge in [-0.3, -0.25) is 19.3 Å². The summed E-state index contributed by atoms with van der Waals surface area (Å²) in [6.07, 6.45) is 1.77. The minimum Gasteiger partial charge on any atom is -0.496 e. The number of methoxy groups -OCH3 is 1. The van der Waals surface area contributed by atoms with E-state index in [1.165, 1.54) is 11.8 Å². The Balaban J connectivity index is 1.45. The maximum absolute atomic E-state index is 14.5. The number of piperazine rings is 1. The van der Waals surface area contributed by atoms with E-state index in [4.69, 9.17) is 18.9 Å². The van der Waals surface area contributed by atoms with E-state index >= 15 is 0 Å². The highest BCUT2D eigenvalue weighted by molar-refractivity contribution is 6.14. The topological polar surface area (TPSA) is 94.6 Å². The van der Waals surface area contributed by atoms with Gasteiger partial charge in [0.2, 0.25) is 12.7 Å². The van der Waals surface area contributed by atoms with Gasteiger partial charge in [-0.1, -0.05) is 72.8 Å². The van der Waals surface area contributed by atoms with E-state index < -0.39 is 17.9 Å². The minimum absolute atomic E-state index is 0.0521. The standard InChI is InChI=1S/C38H36N2O7/c1-24-17-29(15-16-33(24)44-4)18-32-37(42)39(21-27-11-7-5-8-12-27)31(38(43)40(32)26(3)41)19-30-20-34-36(47-23-46-34)25(2)35(30)45-22-28-13-9-6-10-14-28/h5-17,19-20,32H,18,21-23H2,1-4H3/b31-19-. The zero-order valence-electron chi connectivity index (χ0n) is 26.8. The molecule has 9 heteroatoms. The number of hydrogen-bond acceptors (Lipinski definition) is 7. The van der Waals surface area contributed by atoms with Crippen molar-refractivity contribution in [3.05, 3.63) is 124 Å². The van der Waals surface area contributed by atoms with Crippen LogP contribution in [0.15, 0.2) is 90.6 Å². The highest BCUT2D eigenvalue weighted by Gasteiger charge is 2.45. The zero-order valence-corrected chi connectivity index (χ0v) is 26.8. The molecule has 1 fully saturated rings. The van der Waals surface area contributed by atoms with Crippen LogP contribution in [0.3, 0.4) is 0 Å². The maximum atomic E-state index is 14.5. The van der Waals surface area contributed by atoms with Crippen LogP contribution < -0.4 is 18.9 Å². The second kappa shape index (κ2) is 13.4. The van der Waals surface area contributed by atoms with Crippen molar-refractivity contribution < 1.29 is 33.3 Å². The second-order valence-corrected chi connectivity index (χ2v) is 11.6. The van der Waals surface area contributed by atoms with Crippen molar-refractivity contribution in [2.24, 2.45) is 0 Å². The average molecular weight is 633 g/mol. The van der Waals surface area contributed by atoms with E-state index in [1.807, 2.05) is 92.7 Å². The van der Waals surface area contributed by atoms with Crippen LogP contribution in [0.4, 0.5) is 0 Å². The van der Waals surface area contributed by atoms with E-state index in [9.17, 15) is 14.4 Å². The van der Waals surface area contributed by atoms with Crippen molar-refractivity contribution in [1.82, 2.24) is 9.80 Å². The highest BCUT2D eigenvalue weighted by Crippen LogP contribution is 2.44. The lowest BCUT2D eigenvalue weighted by Crippen LogP contribution is -2.60. The predicted octanol–water partition coefficient (Wildman–Crippen LogP) is 5.99. The number of nitrogens with zero attached hydrogens (tertiary/aromatic N) is 2. The molecule has 0 aromatic heterocycles. The van der Waals surface area contributed by atoms with Gasteiger partial charge in [-0.2, -0.15) is 0 Å². The van der Waals surface area contributed by atoms with Gasteiger partial charge in [0.05, 0.1) is 13.7 Å². The molecule has 1 unspecified atom stereocenters. The van der Waals surface area contributed by atoms with Crippen LogP contribution in [0.2, 0.25) is 0 Å². The Labute approximate surface area is 273 Å². The van der Waals surface area contributed by atoms with E-state index in [0.29, 0.717) is 34.1 Å². The van der Waals surface area contributed by atoms with Crippen LogP contribution in [0.25, 0.3) is 6.08 Å². The van der Waals surface area contributed by atoms with Crippen LogP contribution in [-0.4, -0.2) is 47.5 Å². The van der Waals surface area contributed by atoms with Gasteiger partial charge in [-0.15, -0.1) is 0 Å². The van der Waals surface area contributed by atoms with Crippen molar-refractivity contribution in [3.63, 3.8) is 0 Å². The molecule has 9 nitrogen and oxygen atoms in total. The molecule has 0 bridgehead atoms. The van der Waals surface area contributed by atoms with Crippen LogP contribution >= 0.6 is 0 Å². The molecule has 1 atom stereocenters. The third-order valence-electron chi connectivity index (χ3n) is 8.39. The van der Waals surface area contributed by atoms with Gasteiger partial charge in [0.15, 0.2) is 11.5 Å². The molecule has 0 N–H and O–H groups in total. The van der Waals surface area contributed by atoms with E-state index in [-0.39, 0.29) is 38.0 Å². The Morgan fingerprint density at radius 2 is 1.62 bits per heavy atom. The molecule has 4 aromatic rings. The quantitative estimate of drug-likeness (QED) is 0.209. The van der Waals surface area contributed by atoms with Crippen molar-refractivity contribution in [3.8, 4) is 23.0 Å². The first-order chi connectivity index (χ1) is 22.7. The fraction of sp³-hybridized carbons (Fsp3) is 0.237. The molecule has 240 valence electrons. The summed E-state index contributed by atoms with van der Waals surface area (Å²) in [6, 6.07) is 25.4. The average Bonchev–Trinajstić information content (AvgIpc) is 3.55. The van der Waals surface area contributed by atoms with Crippen LogP contribution in [0.1, 0.15) is 40.3 Å². The van der Waals surface area contributed by atoms with Gasteiger partial charge in [0.1, 0.15) is 29.8 Å². The maximum Gasteiger partial charge on any atom is 0.277 e. The third-order valence-corrected chi connectivity index (χ3v) is 8.39. The lowest BCUT2D eigenvalue weighted by molar-refractivity contribution is -0.158.